The maximum Gasteiger partial charge on any atom is 0.253 e. The molecule has 1 fully saturated rings. The molecule has 1 aliphatic heterocycles. The van der Waals surface area contributed by atoms with E-state index in [1.807, 2.05) is 24.8 Å². The first-order valence-electron chi connectivity index (χ1n) is 10.6. The second-order valence-electron chi connectivity index (χ2n) is 7.39. The summed E-state index contributed by atoms with van der Waals surface area (Å²) in [7, 11) is -2.03. The molecule has 0 unspecified atom stereocenters. The van der Waals surface area contributed by atoms with Crippen molar-refractivity contribution in [2.45, 2.75) is 18.7 Å². The van der Waals surface area contributed by atoms with Gasteiger partial charge in [0.05, 0.1) is 29.3 Å². The molecule has 0 aliphatic carbocycles. The van der Waals surface area contributed by atoms with Gasteiger partial charge in [0.1, 0.15) is 5.75 Å². The van der Waals surface area contributed by atoms with E-state index in [0.29, 0.717) is 61.8 Å². The number of carbonyl (C=O) groups excluding carboxylic acids is 1. The Morgan fingerprint density at radius 2 is 1.69 bits per heavy atom. The van der Waals surface area contributed by atoms with Crippen molar-refractivity contribution in [2.24, 2.45) is 0 Å². The van der Waals surface area contributed by atoms with Gasteiger partial charge in [0.15, 0.2) is 0 Å². The van der Waals surface area contributed by atoms with Crippen LogP contribution in [0.5, 0.6) is 5.75 Å². The fraction of sp³-hybridized carbons (Fsp3) is 0.391. The maximum atomic E-state index is 13.0. The van der Waals surface area contributed by atoms with Gasteiger partial charge in [-0.05, 0) is 42.5 Å². The average Bonchev–Trinajstić information content (AvgIpc) is 2.84. The number of hydrogen-bond donors (Lipinski definition) is 0. The van der Waals surface area contributed by atoms with Gasteiger partial charge in [-0.1, -0.05) is 13.8 Å². The highest BCUT2D eigenvalue weighted by Crippen LogP contribution is 2.32. The van der Waals surface area contributed by atoms with Crippen molar-refractivity contribution in [2.75, 3.05) is 51.3 Å². The SMILES string of the molecule is CCN(CC)S(=O)(=O)c1ccc(OC)c(N2CCN(C(=O)c3ccc(C#N)cc3)CC2)c1. The lowest BCUT2D eigenvalue weighted by molar-refractivity contribution is 0.0746. The van der Waals surface area contributed by atoms with Crippen LogP contribution in [0.4, 0.5) is 5.69 Å². The monoisotopic (exact) mass is 456 g/mol. The summed E-state index contributed by atoms with van der Waals surface area (Å²) in [6.07, 6.45) is 0. The summed E-state index contributed by atoms with van der Waals surface area (Å²) in [5.41, 5.74) is 1.76. The molecule has 1 saturated heterocycles. The van der Waals surface area contributed by atoms with Crippen molar-refractivity contribution in [1.82, 2.24) is 9.21 Å². The van der Waals surface area contributed by atoms with E-state index in [-0.39, 0.29) is 10.8 Å². The third kappa shape index (κ3) is 4.71. The Hall–Kier alpha value is -3.09. The standard InChI is InChI=1S/C23H28N4O4S/c1-4-27(5-2)32(29,30)20-10-11-22(31-3)21(16-20)25-12-14-26(15-13-25)23(28)19-8-6-18(17-24)7-9-19/h6-11,16H,4-5,12-15H2,1-3H3. The van der Waals surface area contributed by atoms with Crippen molar-refractivity contribution >= 4 is 21.6 Å². The van der Waals surface area contributed by atoms with Crippen LogP contribution in [0.2, 0.25) is 0 Å². The first-order chi connectivity index (χ1) is 15.3. The zero-order valence-electron chi connectivity index (χ0n) is 18.6. The molecule has 0 aromatic heterocycles. The summed E-state index contributed by atoms with van der Waals surface area (Å²) >= 11 is 0. The Kier molecular flexibility index (Phi) is 7.38. The zero-order valence-corrected chi connectivity index (χ0v) is 19.4. The number of nitrogens with zero attached hydrogens (tertiary/aromatic N) is 4. The lowest BCUT2D eigenvalue weighted by Gasteiger charge is -2.37. The fourth-order valence-corrected chi connectivity index (χ4v) is 5.29. The molecule has 8 nitrogen and oxygen atoms in total. The zero-order chi connectivity index (χ0) is 23.3. The lowest BCUT2D eigenvalue weighted by Crippen LogP contribution is -2.49. The third-order valence-corrected chi connectivity index (χ3v) is 7.71. The summed E-state index contributed by atoms with van der Waals surface area (Å²) in [5, 5.41) is 8.92. The molecule has 0 saturated carbocycles. The van der Waals surface area contributed by atoms with Gasteiger partial charge in [0.2, 0.25) is 10.0 Å². The summed E-state index contributed by atoms with van der Waals surface area (Å²) in [4.78, 5) is 16.8. The minimum absolute atomic E-state index is 0.0843. The Bertz CT molecular complexity index is 1100. The molecule has 1 heterocycles. The van der Waals surface area contributed by atoms with E-state index in [9.17, 15) is 13.2 Å². The molecule has 170 valence electrons. The highest BCUT2D eigenvalue weighted by atomic mass is 32.2. The molecule has 3 rings (SSSR count). The molecular weight excluding hydrogens is 428 g/mol. The smallest absolute Gasteiger partial charge is 0.253 e. The minimum atomic E-state index is -3.59. The highest BCUT2D eigenvalue weighted by Gasteiger charge is 2.27. The number of rotatable bonds is 7. The van der Waals surface area contributed by atoms with Gasteiger partial charge in [-0.3, -0.25) is 4.79 Å². The van der Waals surface area contributed by atoms with Crippen molar-refractivity contribution in [3.05, 3.63) is 53.6 Å². The van der Waals surface area contributed by atoms with Gasteiger partial charge >= 0.3 is 0 Å². The quantitative estimate of drug-likeness (QED) is 0.636. The first kappa shape index (κ1) is 23.6. The van der Waals surface area contributed by atoms with Crippen LogP contribution in [0.15, 0.2) is 47.4 Å². The Balaban J connectivity index is 1.78. The number of anilines is 1. The third-order valence-electron chi connectivity index (χ3n) is 5.66. The molecule has 2 aromatic carbocycles. The summed E-state index contributed by atoms with van der Waals surface area (Å²) in [6, 6.07) is 13.6. The molecule has 0 radical (unpaired) electrons. The maximum absolute atomic E-state index is 13.0. The molecule has 2 aromatic rings. The van der Waals surface area contributed by atoms with E-state index in [1.165, 1.54) is 4.31 Å². The number of benzene rings is 2. The molecule has 0 spiro atoms. The first-order valence-corrected chi connectivity index (χ1v) is 12.0. The van der Waals surface area contributed by atoms with Crippen LogP contribution in [0.1, 0.15) is 29.8 Å². The van der Waals surface area contributed by atoms with Crippen LogP contribution in [-0.2, 0) is 10.0 Å². The van der Waals surface area contributed by atoms with Gasteiger partial charge in [-0.2, -0.15) is 9.57 Å². The van der Waals surface area contributed by atoms with Crippen LogP contribution >= 0.6 is 0 Å². The minimum Gasteiger partial charge on any atom is -0.495 e. The van der Waals surface area contributed by atoms with E-state index in [0.717, 1.165) is 0 Å². The van der Waals surface area contributed by atoms with E-state index in [4.69, 9.17) is 10.00 Å². The summed E-state index contributed by atoms with van der Waals surface area (Å²) in [6.45, 7) is 6.52. The number of hydrogen-bond acceptors (Lipinski definition) is 6. The van der Waals surface area contributed by atoms with Crippen LogP contribution in [-0.4, -0.2) is 69.9 Å². The van der Waals surface area contributed by atoms with E-state index < -0.39 is 10.0 Å². The lowest BCUT2D eigenvalue weighted by atomic mass is 10.1. The molecule has 0 N–H and O–H groups in total. The van der Waals surface area contributed by atoms with Crippen molar-refractivity contribution < 1.29 is 17.9 Å². The predicted octanol–water partition coefficient (Wildman–Crippen LogP) is 2.56. The van der Waals surface area contributed by atoms with Gasteiger partial charge < -0.3 is 14.5 Å². The van der Waals surface area contributed by atoms with Gasteiger partial charge in [0, 0.05) is 44.8 Å². The number of methoxy groups -OCH3 is 1. The van der Waals surface area contributed by atoms with Crippen LogP contribution in [0.25, 0.3) is 0 Å². The van der Waals surface area contributed by atoms with Crippen molar-refractivity contribution in [3.8, 4) is 11.8 Å². The predicted molar refractivity (Wildman–Crippen MR) is 122 cm³/mol. The van der Waals surface area contributed by atoms with Crippen molar-refractivity contribution in [3.63, 3.8) is 0 Å². The molecule has 1 amide bonds. The van der Waals surface area contributed by atoms with Gasteiger partial charge in [-0.15, -0.1) is 0 Å². The van der Waals surface area contributed by atoms with Gasteiger partial charge in [0.25, 0.3) is 5.91 Å². The van der Waals surface area contributed by atoms with E-state index in [1.54, 1.807) is 54.5 Å². The number of carbonyl (C=O) groups is 1. The molecule has 32 heavy (non-hydrogen) atoms. The Labute approximate surface area is 189 Å². The molecule has 1 aliphatic rings. The number of ether oxygens (including phenoxy) is 1. The highest BCUT2D eigenvalue weighted by molar-refractivity contribution is 7.89. The molecule has 0 atom stereocenters. The van der Waals surface area contributed by atoms with Crippen LogP contribution < -0.4 is 9.64 Å². The molecule has 9 heteroatoms. The van der Waals surface area contributed by atoms with E-state index >= 15 is 0 Å². The fourth-order valence-electron chi connectivity index (χ4n) is 3.81. The second-order valence-corrected chi connectivity index (χ2v) is 9.33. The van der Waals surface area contributed by atoms with E-state index in [2.05, 4.69) is 0 Å². The average molecular weight is 457 g/mol. The number of piperazine rings is 1. The Morgan fingerprint density at radius 3 is 2.22 bits per heavy atom. The van der Waals surface area contributed by atoms with Crippen LogP contribution in [0, 0.1) is 11.3 Å². The number of nitriles is 1. The van der Waals surface area contributed by atoms with Crippen molar-refractivity contribution in [1.29, 1.82) is 5.26 Å². The topological polar surface area (TPSA) is 93.9 Å². The summed E-state index contributed by atoms with van der Waals surface area (Å²) in [5.74, 6) is 0.509. The largest absolute Gasteiger partial charge is 0.495 e. The molecular formula is C23H28N4O4S. The number of amides is 1. The molecule has 0 bridgehead atoms. The summed E-state index contributed by atoms with van der Waals surface area (Å²) < 4.78 is 32.8. The van der Waals surface area contributed by atoms with Crippen LogP contribution in [0.3, 0.4) is 0 Å². The normalized spacial score (nSPS) is 14.3. The van der Waals surface area contributed by atoms with Gasteiger partial charge in [-0.25, -0.2) is 8.42 Å². The second kappa shape index (κ2) is 10.0. The Morgan fingerprint density at radius 1 is 1.06 bits per heavy atom. The number of sulfonamides is 1.